The van der Waals surface area contributed by atoms with Crippen molar-refractivity contribution in [2.24, 2.45) is 0 Å². The van der Waals surface area contributed by atoms with Crippen molar-refractivity contribution >= 4 is 10.2 Å². The molecule has 0 rings (SSSR count). The minimum Gasteiger partial charge on any atom is -0.320 e. The molecule has 0 saturated carbocycles. The van der Waals surface area contributed by atoms with Gasteiger partial charge in [-0.15, -0.1) is 0 Å². The minimum absolute atomic E-state index is 0.534. The van der Waals surface area contributed by atoms with Gasteiger partial charge in [0.1, 0.15) is 0 Å². The van der Waals surface area contributed by atoms with Crippen LogP contribution in [0.2, 0.25) is 0 Å². The molecule has 0 aromatic carbocycles. The van der Waals surface area contributed by atoms with Crippen molar-refractivity contribution in [3.8, 4) is 0 Å². The number of hydrogen-bond acceptors (Lipinski definition) is 3. The second-order valence-electron chi connectivity index (χ2n) is 3.78. The van der Waals surface area contributed by atoms with Crippen LogP contribution in [0.4, 0.5) is 0 Å². The molecule has 0 aliphatic rings. The molecule has 5 nitrogen and oxygen atoms in total. The van der Waals surface area contributed by atoms with Crippen molar-refractivity contribution in [1.29, 1.82) is 0 Å². The first kappa shape index (κ1) is 15.8. The Bertz CT molecular complexity index is 267. The first-order chi connectivity index (χ1) is 7.50. The van der Waals surface area contributed by atoms with E-state index in [1.165, 1.54) is 8.61 Å². The van der Waals surface area contributed by atoms with Crippen molar-refractivity contribution in [1.82, 2.24) is 13.9 Å². The largest absolute Gasteiger partial charge is 0.320 e. The summed E-state index contributed by atoms with van der Waals surface area (Å²) in [5, 5.41) is 3.01. The summed E-state index contributed by atoms with van der Waals surface area (Å²) < 4.78 is 27.1. The van der Waals surface area contributed by atoms with Crippen LogP contribution < -0.4 is 5.32 Å². The SMILES string of the molecule is CCCN(CC)S(=O)(=O)N(C)CCCNC. The van der Waals surface area contributed by atoms with Crippen LogP contribution in [-0.2, 0) is 10.2 Å². The molecule has 0 amide bonds. The summed E-state index contributed by atoms with van der Waals surface area (Å²) in [6, 6.07) is 0. The summed E-state index contributed by atoms with van der Waals surface area (Å²) in [4.78, 5) is 0. The van der Waals surface area contributed by atoms with E-state index in [1.54, 1.807) is 7.05 Å². The van der Waals surface area contributed by atoms with E-state index < -0.39 is 10.2 Å². The fourth-order valence-corrected chi connectivity index (χ4v) is 2.97. The lowest BCUT2D eigenvalue weighted by Gasteiger charge is -2.26. The molecule has 0 aliphatic heterocycles. The predicted octanol–water partition coefficient (Wildman–Crippen LogP) is 0.504. The standard InChI is InChI=1S/C10H25N3O2S/c1-5-9-13(6-2)16(14,15)12(4)10-7-8-11-3/h11H,5-10H2,1-4H3. The van der Waals surface area contributed by atoms with Gasteiger partial charge in [0.05, 0.1) is 0 Å². The number of rotatable bonds is 9. The van der Waals surface area contributed by atoms with Gasteiger partial charge in [-0.2, -0.15) is 17.0 Å². The number of nitrogens with one attached hydrogen (secondary N) is 1. The van der Waals surface area contributed by atoms with E-state index in [0.29, 0.717) is 19.6 Å². The van der Waals surface area contributed by atoms with E-state index in [2.05, 4.69) is 5.32 Å². The van der Waals surface area contributed by atoms with Crippen LogP contribution in [0.25, 0.3) is 0 Å². The third-order valence-corrected chi connectivity index (χ3v) is 4.51. The zero-order chi connectivity index (χ0) is 12.6. The van der Waals surface area contributed by atoms with E-state index in [-0.39, 0.29) is 0 Å². The maximum Gasteiger partial charge on any atom is 0.281 e. The molecule has 1 N–H and O–H groups in total. The zero-order valence-corrected chi connectivity index (χ0v) is 11.7. The Kier molecular flexibility index (Phi) is 7.91. The van der Waals surface area contributed by atoms with Gasteiger partial charge in [0, 0.05) is 26.7 Å². The van der Waals surface area contributed by atoms with Gasteiger partial charge >= 0.3 is 0 Å². The summed E-state index contributed by atoms with van der Waals surface area (Å²) >= 11 is 0. The summed E-state index contributed by atoms with van der Waals surface area (Å²) in [6.07, 6.45) is 1.67. The summed E-state index contributed by atoms with van der Waals surface area (Å²) in [5.41, 5.74) is 0. The zero-order valence-electron chi connectivity index (χ0n) is 10.9. The average molecular weight is 251 g/mol. The third-order valence-electron chi connectivity index (χ3n) is 2.45. The molecule has 0 aliphatic carbocycles. The Morgan fingerprint density at radius 1 is 1.19 bits per heavy atom. The molecular formula is C10H25N3O2S. The van der Waals surface area contributed by atoms with Crippen molar-refractivity contribution in [3.63, 3.8) is 0 Å². The minimum atomic E-state index is -3.25. The van der Waals surface area contributed by atoms with Gasteiger partial charge < -0.3 is 5.32 Å². The lowest BCUT2D eigenvalue weighted by atomic mass is 10.4. The quantitative estimate of drug-likeness (QED) is 0.607. The number of nitrogens with zero attached hydrogens (tertiary/aromatic N) is 2. The van der Waals surface area contributed by atoms with Crippen LogP contribution in [0.5, 0.6) is 0 Å². The first-order valence-corrected chi connectivity index (χ1v) is 7.26. The van der Waals surface area contributed by atoms with E-state index >= 15 is 0 Å². The van der Waals surface area contributed by atoms with Gasteiger partial charge in [-0.1, -0.05) is 13.8 Å². The Labute approximate surface area is 100.0 Å². The Morgan fingerprint density at radius 2 is 1.81 bits per heavy atom. The maximum atomic E-state index is 12.1. The lowest BCUT2D eigenvalue weighted by Crippen LogP contribution is -2.42. The lowest BCUT2D eigenvalue weighted by molar-refractivity contribution is 0.365. The van der Waals surface area contributed by atoms with E-state index in [1.807, 2.05) is 20.9 Å². The molecule has 0 heterocycles. The van der Waals surface area contributed by atoms with Crippen molar-refractivity contribution in [2.75, 3.05) is 40.3 Å². The van der Waals surface area contributed by atoms with Gasteiger partial charge in [-0.25, -0.2) is 0 Å². The first-order valence-electron chi connectivity index (χ1n) is 5.86. The van der Waals surface area contributed by atoms with E-state index in [9.17, 15) is 8.42 Å². The monoisotopic (exact) mass is 251 g/mol. The molecule has 0 bridgehead atoms. The molecule has 0 saturated heterocycles. The van der Waals surface area contributed by atoms with Crippen LogP contribution in [0.15, 0.2) is 0 Å². The molecule has 0 atom stereocenters. The Balaban J connectivity index is 4.38. The topological polar surface area (TPSA) is 52.7 Å². The average Bonchev–Trinajstić information content (AvgIpc) is 2.25. The van der Waals surface area contributed by atoms with Crippen molar-refractivity contribution < 1.29 is 8.42 Å². The van der Waals surface area contributed by atoms with Gasteiger partial charge in [0.25, 0.3) is 10.2 Å². The molecule has 6 heteroatoms. The van der Waals surface area contributed by atoms with Crippen LogP contribution in [-0.4, -0.2) is 57.3 Å². The molecule has 0 unspecified atom stereocenters. The molecule has 0 aromatic heterocycles. The number of hydrogen-bond donors (Lipinski definition) is 1. The van der Waals surface area contributed by atoms with Gasteiger partial charge in [0.2, 0.25) is 0 Å². The fourth-order valence-electron chi connectivity index (χ4n) is 1.48. The Hall–Kier alpha value is -0.170. The third kappa shape index (κ3) is 4.78. The molecular weight excluding hydrogens is 226 g/mol. The van der Waals surface area contributed by atoms with Crippen LogP contribution in [0.3, 0.4) is 0 Å². The normalized spacial score (nSPS) is 12.6. The van der Waals surface area contributed by atoms with Crippen LogP contribution in [0.1, 0.15) is 26.7 Å². The summed E-state index contributed by atoms with van der Waals surface area (Å²) in [6.45, 7) is 6.37. The van der Waals surface area contributed by atoms with Crippen LogP contribution >= 0.6 is 0 Å². The smallest absolute Gasteiger partial charge is 0.281 e. The van der Waals surface area contributed by atoms with E-state index in [4.69, 9.17) is 0 Å². The second-order valence-corrected chi connectivity index (χ2v) is 5.81. The molecule has 0 radical (unpaired) electrons. The Morgan fingerprint density at radius 3 is 2.25 bits per heavy atom. The molecule has 16 heavy (non-hydrogen) atoms. The highest BCUT2D eigenvalue weighted by molar-refractivity contribution is 7.86. The second kappa shape index (κ2) is 8.00. The fraction of sp³-hybridized carbons (Fsp3) is 1.00. The van der Waals surface area contributed by atoms with Crippen molar-refractivity contribution in [2.45, 2.75) is 26.7 Å². The highest BCUT2D eigenvalue weighted by atomic mass is 32.2. The molecule has 0 aromatic rings. The van der Waals surface area contributed by atoms with Gasteiger partial charge in [-0.05, 0) is 26.4 Å². The summed E-state index contributed by atoms with van der Waals surface area (Å²) in [5.74, 6) is 0. The molecule has 0 spiro atoms. The molecule has 0 fully saturated rings. The van der Waals surface area contributed by atoms with Crippen molar-refractivity contribution in [3.05, 3.63) is 0 Å². The van der Waals surface area contributed by atoms with Gasteiger partial charge in [0.15, 0.2) is 0 Å². The van der Waals surface area contributed by atoms with Crippen LogP contribution in [0, 0.1) is 0 Å². The highest BCUT2D eigenvalue weighted by Crippen LogP contribution is 2.07. The van der Waals surface area contributed by atoms with Gasteiger partial charge in [-0.3, -0.25) is 0 Å². The highest BCUT2D eigenvalue weighted by Gasteiger charge is 2.24. The maximum absolute atomic E-state index is 12.1. The summed E-state index contributed by atoms with van der Waals surface area (Å²) in [7, 11) is 0.252. The molecule has 98 valence electrons. The van der Waals surface area contributed by atoms with E-state index in [0.717, 1.165) is 19.4 Å². The predicted molar refractivity (Wildman–Crippen MR) is 67.6 cm³/mol.